The number of benzene rings is 2. The van der Waals surface area contributed by atoms with E-state index in [1.807, 2.05) is 36.4 Å². The van der Waals surface area contributed by atoms with Gasteiger partial charge in [0.05, 0.1) is 5.69 Å². The largest absolute Gasteiger partial charge is 0.350 e. The van der Waals surface area contributed by atoms with Crippen molar-refractivity contribution in [1.82, 2.24) is 5.32 Å². The molecule has 2 aromatic rings. The maximum absolute atomic E-state index is 12.8. The lowest BCUT2D eigenvalue weighted by Gasteiger charge is -2.22. The maximum atomic E-state index is 12.8. The number of carbonyl (C=O) groups is 2. The molecule has 1 heterocycles. The SMILES string of the molecule is CC1(C)CC(=O)N(CC(=O)NCc2ccc(Cl)cc2)c2ccccc2S1. The molecule has 0 fully saturated rings. The zero-order valence-electron chi connectivity index (χ0n) is 14.8. The first kappa shape index (κ1) is 18.8. The van der Waals surface area contributed by atoms with Gasteiger partial charge in [0.2, 0.25) is 11.8 Å². The molecule has 0 aromatic heterocycles. The second-order valence-corrected chi connectivity index (χ2v) is 9.07. The van der Waals surface area contributed by atoms with Gasteiger partial charge in [-0.15, -0.1) is 11.8 Å². The molecule has 0 radical (unpaired) electrons. The zero-order valence-corrected chi connectivity index (χ0v) is 16.4. The Morgan fingerprint density at radius 3 is 2.62 bits per heavy atom. The molecule has 0 spiro atoms. The molecule has 2 aromatic carbocycles. The highest BCUT2D eigenvalue weighted by Crippen LogP contribution is 2.43. The van der Waals surface area contributed by atoms with Gasteiger partial charge in [-0.05, 0) is 43.7 Å². The fourth-order valence-electron chi connectivity index (χ4n) is 2.87. The Morgan fingerprint density at radius 2 is 1.88 bits per heavy atom. The number of fused-ring (bicyclic) bond motifs is 1. The predicted molar refractivity (Wildman–Crippen MR) is 107 cm³/mol. The van der Waals surface area contributed by atoms with Crippen molar-refractivity contribution >= 4 is 40.9 Å². The minimum Gasteiger partial charge on any atom is -0.350 e. The third-order valence-corrected chi connectivity index (χ3v) is 5.64. The number of nitrogens with zero attached hydrogens (tertiary/aromatic N) is 1. The average Bonchev–Trinajstić information content (AvgIpc) is 2.68. The second-order valence-electron chi connectivity index (χ2n) is 6.89. The molecule has 1 aliphatic rings. The standard InChI is InChI=1S/C20H21ClN2O2S/c1-20(2)11-19(25)23(16-5-3-4-6-17(16)26-20)13-18(24)22-12-14-7-9-15(21)10-8-14/h3-10H,11-13H2,1-2H3,(H,22,24). The number of anilines is 1. The molecular weight excluding hydrogens is 368 g/mol. The number of para-hydroxylation sites is 1. The predicted octanol–water partition coefficient (Wildman–Crippen LogP) is 4.26. The van der Waals surface area contributed by atoms with Crippen LogP contribution in [0.1, 0.15) is 25.8 Å². The third kappa shape index (κ3) is 4.59. The summed E-state index contributed by atoms with van der Waals surface area (Å²) in [7, 11) is 0. The molecule has 1 aliphatic heterocycles. The van der Waals surface area contributed by atoms with E-state index in [1.165, 1.54) is 0 Å². The number of halogens is 1. The van der Waals surface area contributed by atoms with Gasteiger partial charge in [0.15, 0.2) is 0 Å². The normalized spacial score (nSPS) is 16.0. The highest BCUT2D eigenvalue weighted by molar-refractivity contribution is 8.00. The average molecular weight is 389 g/mol. The lowest BCUT2D eigenvalue weighted by Crippen LogP contribution is -2.41. The van der Waals surface area contributed by atoms with Crippen molar-refractivity contribution in [1.29, 1.82) is 0 Å². The van der Waals surface area contributed by atoms with E-state index in [1.54, 1.807) is 28.8 Å². The molecule has 136 valence electrons. The number of hydrogen-bond acceptors (Lipinski definition) is 3. The van der Waals surface area contributed by atoms with Crippen molar-refractivity contribution in [3.8, 4) is 0 Å². The Morgan fingerprint density at radius 1 is 1.19 bits per heavy atom. The lowest BCUT2D eigenvalue weighted by molar-refractivity contribution is -0.124. The molecule has 1 N–H and O–H groups in total. The summed E-state index contributed by atoms with van der Waals surface area (Å²) < 4.78 is -0.207. The van der Waals surface area contributed by atoms with Crippen LogP contribution in [0.2, 0.25) is 5.02 Å². The molecular formula is C20H21ClN2O2S. The summed E-state index contributed by atoms with van der Waals surface area (Å²) in [6, 6.07) is 15.1. The Hall–Kier alpha value is -1.98. The monoisotopic (exact) mass is 388 g/mol. The van der Waals surface area contributed by atoms with Gasteiger partial charge in [-0.3, -0.25) is 9.59 Å². The highest BCUT2D eigenvalue weighted by atomic mass is 35.5. The van der Waals surface area contributed by atoms with Crippen molar-refractivity contribution in [2.24, 2.45) is 0 Å². The third-order valence-electron chi connectivity index (χ3n) is 4.12. The number of carbonyl (C=O) groups excluding carboxylic acids is 2. The van der Waals surface area contributed by atoms with Crippen molar-refractivity contribution in [3.63, 3.8) is 0 Å². The van der Waals surface area contributed by atoms with Gasteiger partial charge in [-0.2, -0.15) is 0 Å². The van der Waals surface area contributed by atoms with Gasteiger partial charge >= 0.3 is 0 Å². The Kier molecular flexibility index (Phi) is 5.58. The molecule has 3 rings (SSSR count). The van der Waals surface area contributed by atoms with E-state index in [4.69, 9.17) is 11.6 Å². The van der Waals surface area contributed by atoms with Gasteiger partial charge in [0.1, 0.15) is 6.54 Å². The molecule has 0 saturated carbocycles. The van der Waals surface area contributed by atoms with Gasteiger partial charge in [0.25, 0.3) is 0 Å². The summed E-state index contributed by atoms with van der Waals surface area (Å²) in [6.07, 6.45) is 0.386. The number of hydrogen-bond donors (Lipinski definition) is 1. The molecule has 0 bridgehead atoms. The molecule has 4 nitrogen and oxygen atoms in total. The zero-order chi connectivity index (χ0) is 18.7. The summed E-state index contributed by atoms with van der Waals surface area (Å²) in [5.41, 5.74) is 1.76. The van der Waals surface area contributed by atoms with Crippen LogP contribution in [-0.2, 0) is 16.1 Å². The number of nitrogens with one attached hydrogen (secondary N) is 1. The topological polar surface area (TPSA) is 49.4 Å². The first-order valence-corrected chi connectivity index (χ1v) is 9.63. The second kappa shape index (κ2) is 7.72. The molecule has 0 saturated heterocycles. The summed E-state index contributed by atoms with van der Waals surface area (Å²) in [4.78, 5) is 27.8. The summed E-state index contributed by atoms with van der Waals surface area (Å²) in [5, 5.41) is 3.53. The van der Waals surface area contributed by atoms with E-state index in [0.717, 1.165) is 16.1 Å². The van der Waals surface area contributed by atoms with Crippen LogP contribution >= 0.6 is 23.4 Å². The van der Waals surface area contributed by atoms with E-state index in [-0.39, 0.29) is 23.1 Å². The minimum atomic E-state index is -0.207. The van der Waals surface area contributed by atoms with Gasteiger partial charge in [-0.1, -0.05) is 35.9 Å². The van der Waals surface area contributed by atoms with Crippen LogP contribution < -0.4 is 10.2 Å². The van der Waals surface area contributed by atoms with Crippen molar-refractivity contribution in [3.05, 3.63) is 59.1 Å². The highest BCUT2D eigenvalue weighted by Gasteiger charge is 2.33. The Balaban J connectivity index is 1.72. The van der Waals surface area contributed by atoms with E-state index >= 15 is 0 Å². The maximum Gasteiger partial charge on any atom is 0.240 e. The smallest absolute Gasteiger partial charge is 0.240 e. The van der Waals surface area contributed by atoms with Crippen LogP contribution in [0.4, 0.5) is 5.69 Å². The van der Waals surface area contributed by atoms with Crippen molar-refractivity contribution in [2.75, 3.05) is 11.4 Å². The van der Waals surface area contributed by atoms with Crippen molar-refractivity contribution in [2.45, 2.75) is 36.5 Å². The molecule has 0 aliphatic carbocycles. The number of thioether (sulfide) groups is 1. The van der Waals surface area contributed by atoms with Gasteiger partial charge in [-0.25, -0.2) is 0 Å². The van der Waals surface area contributed by atoms with Gasteiger partial charge < -0.3 is 10.2 Å². The first-order valence-electron chi connectivity index (χ1n) is 8.44. The summed E-state index contributed by atoms with van der Waals surface area (Å²) >= 11 is 7.55. The Labute approximate surface area is 162 Å². The van der Waals surface area contributed by atoms with Crippen LogP contribution in [0.25, 0.3) is 0 Å². The first-order chi connectivity index (χ1) is 12.3. The fourth-order valence-corrected chi connectivity index (χ4v) is 4.22. The lowest BCUT2D eigenvalue weighted by atomic mass is 10.1. The van der Waals surface area contributed by atoms with Crippen LogP contribution in [-0.4, -0.2) is 23.1 Å². The minimum absolute atomic E-state index is 0.0140. The summed E-state index contributed by atoms with van der Waals surface area (Å²) in [6.45, 7) is 4.52. The quantitative estimate of drug-likeness (QED) is 0.851. The van der Waals surface area contributed by atoms with Crippen molar-refractivity contribution < 1.29 is 9.59 Å². The van der Waals surface area contributed by atoms with Gasteiger partial charge in [0, 0.05) is 27.6 Å². The van der Waals surface area contributed by atoms with E-state index in [2.05, 4.69) is 19.2 Å². The van der Waals surface area contributed by atoms with Crippen LogP contribution in [0.15, 0.2) is 53.4 Å². The molecule has 26 heavy (non-hydrogen) atoms. The van der Waals surface area contributed by atoms with Crippen LogP contribution in [0.5, 0.6) is 0 Å². The number of rotatable bonds is 4. The molecule has 2 amide bonds. The molecule has 6 heteroatoms. The Bertz CT molecular complexity index is 821. The molecule has 0 unspecified atom stereocenters. The van der Waals surface area contributed by atoms with Crippen LogP contribution in [0, 0.1) is 0 Å². The summed E-state index contributed by atoms with van der Waals surface area (Å²) in [5.74, 6) is -0.220. The fraction of sp³-hybridized carbons (Fsp3) is 0.300. The van der Waals surface area contributed by atoms with Crippen LogP contribution in [0.3, 0.4) is 0 Å². The van der Waals surface area contributed by atoms with E-state index < -0.39 is 0 Å². The molecule has 0 atom stereocenters. The number of amides is 2. The van der Waals surface area contributed by atoms with E-state index in [9.17, 15) is 9.59 Å². The van der Waals surface area contributed by atoms with E-state index in [0.29, 0.717) is 18.0 Å².